The highest BCUT2D eigenvalue weighted by molar-refractivity contribution is 5.73. The molecule has 4 aromatic rings. The first-order valence-corrected chi connectivity index (χ1v) is 13.5. The van der Waals surface area contributed by atoms with E-state index in [9.17, 15) is 39.5 Å². The topological polar surface area (TPSA) is 171 Å². The molecule has 5 heterocycles. The summed E-state index contributed by atoms with van der Waals surface area (Å²) in [5, 5.41) is 26.2. The van der Waals surface area contributed by atoms with Crippen LogP contribution in [-0.2, 0) is 20.9 Å². The van der Waals surface area contributed by atoms with E-state index < -0.39 is 36.4 Å². The number of aromatic nitrogens is 5. The van der Waals surface area contributed by atoms with Gasteiger partial charge in [-0.2, -0.15) is 44.6 Å². The van der Waals surface area contributed by atoms with Crippen LogP contribution in [0.25, 0.3) is 16.8 Å². The zero-order chi connectivity index (χ0) is 37.0. The Morgan fingerprint density at radius 2 is 1.22 bits per heavy atom. The predicted octanol–water partition coefficient (Wildman–Crippen LogP) is 5.47. The average molecular weight is 713 g/mol. The van der Waals surface area contributed by atoms with Crippen molar-refractivity contribution in [2.45, 2.75) is 43.8 Å². The second-order valence-electron chi connectivity index (χ2n) is 9.75. The highest BCUT2D eigenvalue weighted by Crippen LogP contribution is 2.27. The van der Waals surface area contributed by atoms with E-state index in [0.717, 1.165) is 55.1 Å². The van der Waals surface area contributed by atoms with Gasteiger partial charge >= 0.3 is 36.4 Å². The molecule has 0 amide bonds. The van der Waals surface area contributed by atoms with Gasteiger partial charge in [0.25, 0.3) is 0 Å². The Morgan fingerprint density at radius 1 is 0.714 bits per heavy atom. The fourth-order valence-corrected chi connectivity index (χ4v) is 3.89. The Bertz CT molecular complexity index is 1600. The molecule has 1 aliphatic heterocycles. The number of carbonyl (C=O) groups is 3. The molecular weight excluding hydrogens is 687 g/mol. The molecule has 0 radical (unpaired) electrons. The lowest BCUT2D eigenvalue weighted by atomic mass is 9.96. The van der Waals surface area contributed by atoms with Gasteiger partial charge in [-0.1, -0.05) is 6.07 Å². The Labute approximate surface area is 269 Å². The van der Waals surface area contributed by atoms with E-state index in [2.05, 4.69) is 33.2 Å². The number of piperidine rings is 1. The van der Waals surface area contributed by atoms with Gasteiger partial charge in [0.1, 0.15) is 0 Å². The maximum atomic E-state index is 10.6. The fraction of sp³-hybridized carbons (Fsp3) is 0.321. The number of likely N-dealkylation sites (tertiary alicyclic amines) is 1. The molecule has 0 saturated carbocycles. The molecule has 1 saturated heterocycles. The molecule has 0 aromatic carbocycles. The minimum absolute atomic E-state index is 0.425. The van der Waals surface area contributed by atoms with E-state index in [4.69, 9.17) is 39.8 Å². The van der Waals surface area contributed by atoms with Crippen molar-refractivity contribution < 1.29 is 69.2 Å². The van der Waals surface area contributed by atoms with E-state index >= 15 is 0 Å². The Hall–Kier alpha value is -5.34. The molecule has 0 unspecified atom stereocenters. The smallest absolute Gasteiger partial charge is 0.475 e. The zero-order valence-corrected chi connectivity index (χ0v) is 24.6. The third-order valence-electron chi connectivity index (χ3n) is 6.17. The van der Waals surface area contributed by atoms with Gasteiger partial charge in [-0.05, 0) is 67.4 Å². The molecule has 4 aromatic heterocycles. The average Bonchev–Trinajstić information content (AvgIpc) is 3.46. The second kappa shape index (κ2) is 17.2. The van der Waals surface area contributed by atoms with Crippen LogP contribution in [0.4, 0.5) is 39.5 Å². The Balaban J connectivity index is 0.000000325. The van der Waals surface area contributed by atoms with E-state index in [1.54, 1.807) is 0 Å². The van der Waals surface area contributed by atoms with E-state index in [1.165, 1.54) is 5.56 Å². The van der Waals surface area contributed by atoms with Crippen LogP contribution in [0.3, 0.4) is 0 Å². The molecule has 21 heteroatoms. The predicted molar refractivity (Wildman–Crippen MR) is 149 cm³/mol. The summed E-state index contributed by atoms with van der Waals surface area (Å²) in [5.41, 5.74) is 4.44. The zero-order valence-electron chi connectivity index (χ0n) is 24.6. The summed E-state index contributed by atoms with van der Waals surface area (Å²) in [7, 11) is 0. The van der Waals surface area contributed by atoms with Crippen molar-refractivity contribution in [3.63, 3.8) is 0 Å². The fourth-order valence-electron chi connectivity index (χ4n) is 3.89. The molecule has 0 bridgehead atoms. The Kier molecular flexibility index (Phi) is 14.0. The molecule has 266 valence electrons. The Morgan fingerprint density at radius 3 is 1.67 bits per heavy atom. The molecule has 5 rings (SSSR count). The SMILES string of the molecule is O=C(O)C(F)(F)F.O=C(O)C(F)(F)F.O=C(O)C(F)(F)F.c1cncc(CN2CCC(c3nc4ccc(-c5ccncc5)cn4n3)CC2)c1. The van der Waals surface area contributed by atoms with Gasteiger partial charge in [0.05, 0.1) is 0 Å². The summed E-state index contributed by atoms with van der Waals surface area (Å²) < 4.78 is 97.1. The maximum absolute atomic E-state index is 10.6. The third kappa shape index (κ3) is 13.7. The van der Waals surface area contributed by atoms with Gasteiger partial charge in [-0.3, -0.25) is 14.9 Å². The third-order valence-corrected chi connectivity index (χ3v) is 6.17. The van der Waals surface area contributed by atoms with Gasteiger partial charge in [0.15, 0.2) is 11.5 Å². The number of nitrogens with zero attached hydrogens (tertiary/aromatic N) is 6. The molecule has 1 aliphatic rings. The lowest BCUT2D eigenvalue weighted by molar-refractivity contribution is -0.193. The van der Waals surface area contributed by atoms with E-state index in [-0.39, 0.29) is 0 Å². The number of alkyl halides is 9. The number of rotatable bonds is 4. The lowest BCUT2D eigenvalue weighted by Gasteiger charge is -2.30. The minimum Gasteiger partial charge on any atom is -0.475 e. The largest absolute Gasteiger partial charge is 0.490 e. The molecule has 3 N–H and O–H groups in total. The first-order chi connectivity index (χ1) is 22.7. The maximum Gasteiger partial charge on any atom is 0.490 e. The highest BCUT2D eigenvalue weighted by Gasteiger charge is 2.39. The van der Waals surface area contributed by atoms with Crippen LogP contribution in [0.5, 0.6) is 0 Å². The van der Waals surface area contributed by atoms with Crippen molar-refractivity contribution in [3.8, 4) is 11.1 Å². The molecule has 0 atom stereocenters. The van der Waals surface area contributed by atoms with Gasteiger partial charge in [-0.25, -0.2) is 23.9 Å². The van der Waals surface area contributed by atoms with Crippen LogP contribution in [-0.4, -0.2) is 94.3 Å². The normalized spacial score (nSPS) is 13.9. The number of aliphatic carboxylic acids is 3. The second-order valence-corrected chi connectivity index (χ2v) is 9.75. The molecule has 0 spiro atoms. The first-order valence-electron chi connectivity index (χ1n) is 13.5. The minimum atomic E-state index is -5.08. The number of hydrogen-bond donors (Lipinski definition) is 3. The van der Waals surface area contributed by atoms with Crippen LogP contribution in [0, 0.1) is 0 Å². The van der Waals surface area contributed by atoms with Crippen LogP contribution in [0.15, 0.2) is 67.4 Å². The van der Waals surface area contributed by atoms with Crippen molar-refractivity contribution in [1.29, 1.82) is 0 Å². The number of carboxylic acid groups (broad SMARTS) is 3. The molecule has 0 aliphatic carbocycles. The van der Waals surface area contributed by atoms with E-state index in [0.29, 0.717) is 5.92 Å². The summed E-state index contributed by atoms with van der Waals surface area (Å²) in [6, 6.07) is 12.3. The first kappa shape index (κ1) is 39.8. The van der Waals surface area contributed by atoms with E-state index in [1.807, 2.05) is 53.6 Å². The number of halogens is 9. The standard InChI is InChI=1S/C22H22N6.3C2HF3O2/c1-2-17(14-24-9-1)15-27-12-7-19(8-13-27)22-25-21-4-3-20(16-28(21)26-22)18-5-10-23-11-6-18;3*3-2(4,5)1(6)7/h1-6,9-11,14,16,19H,7-8,12-13,15H2;3*(H,6,7). The van der Waals surface area contributed by atoms with Crippen molar-refractivity contribution in [3.05, 3.63) is 78.8 Å². The monoisotopic (exact) mass is 712 g/mol. The lowest BCUT2D eigenvalue weighted by Crippen LogP contribution is -2.32. The van der Waals surface area contributed by atoms with Gasteiger partial charge in [0.2, 0.25) is 0 Å². The quantitative estimate of drug-likeness (QED) is 0.230. The molecule has 49 heavy (non-hydrogen) atoms. The van der Waals surface area contributed by atoms with Gasteiger partial charge in [-0.15, -0.1) is 0 Å². The van der Waals surface area contributed by atoms with Crippen molar-refractivity contribution in [1.82, 2.24) is 29.5 Å². The summed E-state index contributed by atoms with van der Waals surface area (Å²) >= 11 is 0. The number of pyridine rings is 3. The van der Waals surface area contributed by atoms with Gasteiger partial charge < -0.3 is 15.3 Å². The van der Waals surface area contributed by atoms with Gasteiger partial charge in [0, 0.05) is 49.0 Å². The van der Waals surface area contributed by atoms with Crippen LogP contribution >= 0.6 is 0 Å². The summed E-state index contributed by atoms with van der Waals surface area (Å²) in [6.07, 6.45) is -3.61. The highest BCUT2D eigenvalue weighted by atomic mass is 19.4. The van der Waals surface area contributed by atoms with Crippen LogP contribution in [0.2, 0.25) is 0 Å². The van der Waals surface area contributed by atoms with Crippen LogP contribution < -0.4 is 0 Å². The number of fused-ring (bicyclic) bond motifs is 1. The summed E-state index contributed by atoms with van der Waals surface area (Å²) in [5.74, 6) is -6.88. The van der Waals surface area contributed by atoms with Crippen LogP contribution in [0.1, 0.15) is 30.1 Å². The summed E-state index contributed by atoms with van der Waals surface area (Å²) in [4.78, 5) is 42.3. The van der Waals surface area contributed by atoms with Crippen molar-refractivity contribution in [2.24, 2.45) is 0 Å². The van der Waals surface area contributed by atoms with Crippen molar-refractivity contribution in [2.75, 3.05) is 13.1 Å². The molecule has 1 fully saturated rings. The van der Waals surface area contributed by atoms with Crippen molar-refractivity contribution >= 4 is 23.6 Å². The molecule has 12 nitrogen and oxygen atoms in total. The summed E-state index contributed by atoms with van der Waals surface area (Å²) in [6.45, 7) is 3.10. The number of hydrogen-bond acceptors (Lipinski definition) is 8. The number of carboxylic acids is 3. The molecular formula is C28H25F9N6O6.